The topological polar surface area (TPSA) is 71.3 Å². The molecule has 1 rings (SSSR count). The predicted molar refractivity (Wildman–Crippen MR) is 66.9 cm³/mol. The first-order valence-corrected chi connectivity index (χ1v) is 6.27. The van der Waals surface area contributed by atoms with Gasteiger partial charge in [0.25, 0.3) is 5.91 Å². The molecule has 0 bridgehead atoms. The van der Waals surface area contributed by atoms with Gasteiger partial charge in [-0.2, -0.15) is 0 Å². The molecule has 2 amide bonds. The van der Waals surface area contributed by atoms with Gasteiger partial charge in [0, 0.05) is 18.5 Å². The number of aromatic nitrogens is 1. The molecule has 6 heteroatoms. The molecule has 0 saturated carbocycles. The van der Waals surface area contributed by atoms with Crippen molar-refractivity contribution in [3.05, 3.63) is 24.0 Å². The van der Waals surface area contributed by atoms with E-state index in [2.05, 4.69) is 5.32 Å². The Morgan fingerprint density at radius 1 is 1.59 bits per heavy atom. The number of aliphatic hydroxyl groups is 1. The summed E-state index contributed by atoms with van der Waals surface area (Å²) in [5, 5.41) is 11.1. The van der Waals surface area contributed by atoms with E-state index in [9.17, 15) is 9.59 Å². The standard InChI is InChI=1S/C11H16N2O3S/c1-8(6-14)17-7-10(15)12-11(16)9-4-3-5-13(9)2/h3-5,8,14H,6-7H2,1-2H3,(H,12,15,16). The number of aryl methyl sites for hydroxylation is 1. The Bertz CT molecular complexity index is 403. The average Bonchev–Trinajstić information content (AvgIpc) is 2.72. The minimum Gasteiger partial charge on any atom is -0.395 e. The van der Waals surface area contributed by atoms with Crippen molar-refractivity contribution in [2.45, 2.75) is 12.2 Å². The van der Waals surface area contributed by atoms with Crippen LogP contribution in [0.4, 0.5) is 0 Å². The molecule has 1 heterocycles. The number of hydrogen-bond acceptors (Lipinski definition) is 4. The highest BCUT2D eigenvalue weighted by Gasteiger charge is 2.13. The molecule has 0 aliphatic carbocycles. The van der Waals surface area contributed by atoms with Crippen LogP contribution in [-0.4, -0.2) is 39.1 Å². The quantitative estimate of drug-likeness (QED) is 0.799. The maximum absolute atomic E-state index is 11.6. The van der Waals surface area contributed by atoms with Gasteiger partial charge in [-0.05, 0) is 12.1 Å². The summed E-state index contributed by atoms with van der Waals surface area (Å²) in [6.45, 7) is 1.83. The summed E-state index contributed by atoms with van der Waals surface area (Å²) in [7, 11) is 1.74. The Balaban J connectivity index is 2.42. The molecule has 0 spiro atoms. The van der Waals surface area contributed by atoms with Crippen LogP contribution in [0.2, 0.25) is 0 Å². The number of hydrogen-bond donors (Lipinski definition) is 2. The van der Waals surface area contributed by atoms with Crippen LogP contribution in [0.5, 0.6) is 0 Å². The van der Waals surface area contributed by atoms with Gasteiger partial charge in [-0.25, -0.2) is 0 Å². The van der Waals surface area contributed by atoms with Crippen LogP contribution in [0.15, 0.2) is 18.3 Å². The second-order valence-corrected chi connectivity index (χ2v) is 5.11. The van der Waals surface area contributed by atoms with E-state index in [1.54, 1.807) is 29.9 Å². The second kappa shape index (κ2) is 6.46. The Hall–Kier alpha value is -1.27. The zero-order chi connectivity index (χ0) is 12.8. The first-order chi connectivity index (χ1) is 8.04. The summed E-state index contributed by atoms with van der Waals surface area (Å²) in [6, 6.07) is 3.38. The maximum Gasteiger partial charge on any atom is 0.274 e. The molecule has 1 aromatic heterocycles. The van der Waals surface area contributed by atoms with E-state index in [4.69, 9.17) is 5.11 Å². The fourth-order valence-corrected chi connectivity index (χ4v) is 1.81. The minimum absolute atomic E-state index is 0.00844. The molecule has 94 valence electrons. The maximum atomic E-state index is 11.6. The van der Waals surface area contributed by atoms with Gasteiger partial charge in [-0.3, -0.25) is 14.9 Å². The highest BCUT2D eigenvalue weighted by Crippen LogP contribution is 2.08. The van der Waals surface area contributed by atoms with E-state index in [-0.39, 0.29) is 23.5 Å². The van der Waals surface area contributed by atoms with Gasteiger partial charge in [-0.15, -0.1) is 11.8 Å². The lowest BCUT2D eigenvalue weighted by Crippen LogP contribution is -2.33. The summed E-state index contributed by atoms with van der Waals surface area (Å²) in [5.41, 5.74) is 0.443. The van der Waals surface area contributed by atoms with Crippen molar-refractivity contribution >= 4 is 23.6 Å². The van der Waals surface area contributed by atoms with Gasteiger partial charge in [0.05, 0.1) is 12.4 Å². The fraction of sp³-hybridized carbons (Fsp3) is 0.455. The Kier molecular flexibility index (Phi) is 5.24. The number of nitrogens with zero attached hydrogens (tertiary/aromatic N) is 1. The number of nitrogens with one attached hydrogen (secondary N) is 1. The smallest absolute Gasteiger partial charge is 0.274 e. The highest BCUT2D eigenvalue weighted by molar-refractivity contribution is 8.00. The van der Waals surface area contributed by atoms with Crippen molar-refractivity contribution in [2.75, 3.05) is 12.4 Å². The molecule has 5 nitrogen and oxygen atoms in total. The van der Waals surface area contributed by atoms with Crippen molar-refractivity contribution < 1.29 is 14.7 Å². The number of aliphatic hydroxyl groups excluding tert-OH is 1. The first-order valence-electron chi connectivity index (χ1n) is 5.22. The second-order valence-electron chi connectivity index (χ2n) is 3.69. The highest BCUT2D eigenvalue weighted by atomic mass is 32.2. The van der Waals surface area contributed by atoms with Crippen molar-refractivity contribution in [1.29, 1.82) is 0 Å². The Morgan fingerprint density at radius 3 is 2.82 bits per heavy atom. The van der Waals surface area contributed by atoms with Crippen LogP contribution >= 0.6 is 11.8 Å². The van der Waals surface area contributed by atoms with Gasteiger partial charge < -0.3 is 9.67 Å². The summed E-state index contributed by atoms with van der Waals surface area (Å²) in [5.74, 6) is -0.584. The largest absolute Gasteiger partial charge is 0.395 e. The summed E-state index contributed by atoms with van der Waals surface area (Å²) in [4.78, 5) is 23.1. The minimum atomic E-state index is -0.403. The first kappa shape index (κ1) is 13.8. The van der Waals surface area contributed by atoms with Gasteiger partial charge in [0.1, 0.15) is 5.69 Å². The number of amides is 2. The van der Waals surface area contributed by atoms with Crippen LogP contribution < -0.4 is 5.32 Å². The lowest BCUT2D eigenvalue weighted by molar-refractivity contribution is -0.117. The molecule has 0 aliphatic heterocycles. The van der Waals surface area contributed by atoms with Crippen molar-refractivity contribution in [3.8, 4) is 0 Å². The molecule has 17 heavy (non-hydrogen) atoms. The SMILES string of the molecule is CC(CO)SCC(=O)NC(=O)c1cccn1C. The number of carbonyl (C=O) groups excluding carboxylic acids is 2. The number of imide groups is 1. The predicted octanol–water partition coefficient (Wildman–Crippen LogP) is 0.395. The molecular formula is C11H16N2O3S. The zero-order valence-electron chi connectivity index (χ0n) is 9.84. The van der Waals surface area contributed by atoms with Crippen LogP contribution in [0.25, 0.3) is 0 Å². The summed E-state index contributed by atoms with van der Waals surface area (Å²) < 4.78 is 1.64. The van der Waals surface area contributed by atoms with Gasteiger partial charge in [0.2, 0.25) is 5.91 Å². The van der Waals surface area contributed by atoms with Crippen molar-refractivity contribution in [2.24, 2.45) is 7.05 Å². The molecule has 2 N–H and O–H groups in total. The van der Waals surface area contributed by atoms with Crippen molar-refractivity contribution in [3.63, 3.8) is 0 Å². The van der Waals surface area contributed by atoms with E-state index in [0.717, 1.165) is 0 Å². The molecule has 0 aliphatic rings. The average molecular weight is 256 g/mol. The molecule has 0 saturated heterocycles. The van der Waals surface area contributed by atoms with E-state index < -0.39 is 5.91 Å². The van der Waals surface area contributed by atoms with E-state index in [1.165, 1.54) is 11.8 Å². The third kappa shape index (κ3) is 4.24. The van der Waals surface area contributed by atoms with Crippen LogP contribution in [-0.2, 0) is 11.8 Å². The third-order valence-corrected chi connectivity index (χ3v) is 3.33. The molecule has 0 aromatic carbocycles. The third-order valence-electron chi connectivity index (χ3n) is 2.19. The Labute approximate surface area is 104 Å². The number of rotatable bonds is 5. The number of thioether (sulfide) groups is 1. The molecule has 0 fully saturated rings. The molecule has 1 atom stereocenters. The van der Waals surface area contributed by atoms with Crippen LogP contribution in [0, 0.1) is 0 Å². The van der Waals surface area contributed by atoms with Crippen molar-refractivity contribution in [1.82, 2.24) is 9.88 Å². The summed E-state index contributed by atoms with van der Waals surface area (Å²) in [6.07, 6.45) is 1.74. The van der Waals surface area contributed by atoms with Crippen LogP contribution in [0.3, 0.4) is 0 Å². The van der Waals surface area contributed by atoms with Gasteiger partial charge in [-0.1, -0.05) is 6.92 Å². The van der Waals surface area contributed by atoms with E-state index >= 15 is 0 Å². The van der Waals surface area contributed by atoms with Gasteiger partial charge in [0.15, 0.2) is 0 Å². The lowest BCUT2D eigenvalue weighted by atomic mass is 10.4. The molecule has 1 unspecified atom stereocenters. The van der Waals surface area contributed by atoms with Crippen LogP contribution in [0.1, 0.15) is 17.4 Å². The van der Waals surface area contributed by atoms with E-state index in [0.29, 0.717) is 5.69 Å². The number of carbonyl (C=O) groups is 2. The molecular weight excluding hydrogens is 240 g/mol. The lowest BCUT2D eigenvalue weighted by Gasteiger charge is -2.07. The normalized spacial score (nSPS) is 12.2. The zero-order valence-corrected chi connectivity index (χ0v) is 10.7. The molecule has 0 radical (unpaired) electrons. The Morgan fingerprint density at radius 2 is 2.29 bits per heavy atom. The van der Waals surface area contributed by atoms with Gasteiger partial charge >= 0.3 is 0 Å². The summed E-state index contributed by atoms with van der Waals surface area (Å²) >= 11 is 1.31. The van der Waals surface area contributed by atoms with E-state index in [1.807, 2.05) is 6.92 Å². The molecule has 1 aromatic rings. The monoisotopic (exact) mass is 256 g/mol. The fourth-order valence-electron chi connectivity index (χ4n) is 1.19.